The van der Waals surface area contributed by atoms with Crippen LogP contribution in [0.2, 0.25) is 0 Å². The van der Waals surface area contributed by atoms with E-state index in [1.807, 2.05) is 0 Å². The molecule has 1 aliphatic heterocycles. The van der Waals surface area contributed by atoms with Crippen LogP contribution in [0.4, 0.5) is 0 Å². The monoisotopic (exact) mass is 682 g/mol. The molecule has 10 rings (SSSR count). The summed E-state index contributed by atoms with van der Waals surface area (Å²) in [5.74, 6) is 0. The number of fused-ring (bicyclic) bond motifs is 8. The first-order valence-corrected chi connectivity index (χ1v) is 19.0. The smallest absolute Gasteiger partial charge is 0.332 e. The third-order valence-corrected chi connectivity index (χ3v) is 11.7. The van der Waals surface area contributed by atoms with Crippen molar-refractivity contribution in [3.63, 3.8) is 0 Å². The maximum absolute atomic E-state index is 2.67. The maximum atomic E-state index is 2.67. The molecular weight excluding hydrogens is 639 g/mol. The lowest BCUT2D eigenvalue weighted by Crippen LogP contribution is -2.53. The lowest BCUT2D eigenvalue weighted by Gasteiger charge is -2.30. The van der Waals surface area contributed by atoms with E-state index >= 15 is 0 Å². The molecule has 9 aromatic rings. The molecule has 2 aromatic heterocycles. The van der Waals surface area contributed by atoms with Crippen molar-refractivity contribution in [3.8, 4) is 27.9 Å². The number of benzene rings is 7. The Hall–Kier alpha value is -5.80. The second-order valence-electron chi connectivity index (χ2n) is 17.1. The third kappa shape index (κ3) is 4.87. The van der Waals surface area contributed by atoms with E-state index in [9.17, 15) is 0 Å². The van der Waals surface area contributed by atoms with Gasteiger partial charge in [0.15, 0.2) is 0 Å². The Kier molecular flexibility index (Phi) is 6.83. The van der Waals surface area contributed by atoms with Crippen molar-refractivity contribution < 1.29 is 0 Å². The van der Waals surface area contributed by atoms with Gasteiger partial charge in [0.25, 0.3) is 0 Å². The highest BCUT2D eigenvalue weighted by Crippen LogP contribution is 2.41. The molecule has 0 spiro atoms. The molecule has 0 aliphatic carbocycles. The molecule has 3 heteroatoms. The standard InChI is InChI=1S/C50H43BN2/c1-49(2,3)36-23-26-44-40(29-36)41-30-37(50(4,5)6)31-43-48(41)52(44)45-20-14-13-19-42(45)51(43)53-46-27-34(32-15-9-7-10-16-32)21-24-38(46)39-25-22-35(28-47(39)53)33-17-11-8-12-18-33/h7-31H,1-6H3. The quantitative estimate of drug-likeness (QED) is 0.164. The van der Waals surface area contributed by atoms with Crippen LogP contribution in [0.25, 0.3) is 71.6 Å². The SMILES string of the molecule is CC(C)(C)c1ccc2c(c1)c1cc(C(C)(C)C)cc3c1n2-c1ccccc1B3n1c2cc(-c3ccccc3)ccc2c2ccc(-c3ccccc3)cc21. The fraction of sp³-hybridized carbons (Fsp3) is 0.160. The van der Waals surface area contributed by atoms with E-state index in [0.717, 1.165) is 0 Å². The summed E-state index contributed by atoms with van der Waals surface area (Å²) < 4.78 is 5.23. The summed E-state index contributed by atoms with van der Waals surface area (Å²) >= 11 is 0. The van der Waals surface area contributed by atoms with E-state index in [-0.39, 0.29) is 17.7 Å². The molecule has 0 fully saturated rings. The largest absolute Gasteiger partial charge is 0.376 e. The Morgan fingerprint density at radius 1 is 0.396 bits per heavy atom. The van der Waals surface area contributed by atoms with E-state index < -0.39 is 0 Å². The number of nitrogens with zero attached hydrogens (tertiary/aromatic N) is 2. The minimum Gasteiger partial charge on any atom is -0.376 e. The number of rotatable bonds is 3. The molecule has 0 unspecified atom stereocenters. The first kappa shape index (κ1) is 31.9. The molecule has 0 atom stereocenters. The molecule has 0 saturated carbocycles. The van der Waals surface area contributed by atoms with Gasteiger partial charge in [0.1, 0.15) is 0 Å². The average Bonchev–Trinajstić information content (AvgIpc) is 3.67. The van der Waals surface area contributed by atoms with Gasteiger partial charge < -0.3 is 9.05 Å². The third-order valence-electron chi connectivity index (χ3n) is 11.7. The molecule has 1 aliphatic rings. The van der Waals surface area contributed by atoms with E-state index in [2.05, 4.69) is 202 Å². The van der Waals surface area contributed by atoms with E-state index in [1.54, 1.807) is 0 Å². The van der Waals surface area contributed by atoms with Gasteiger partial charge in [-0.1, -0.05) is 157 Å². The average molecular weight is 683 g/mol. The summed E-state index contributed by atoms with van der Waals surface area (Å²) in [7, 11) is 0. The molecule has 256 valence electrons. The Morgan fingerprint density at radius 2 is 0.943 bits per heavy atom. The highest BCUT2D eigenvalue weighted by molar-refractivity contribution is 6.88. The van der Waals surface area contributed by atoms with Gasteiger partial charge in [0, 0.05) is 38.3 Å². The van der Waals surface area contributed by atoms with Crippen LogP contribution >= 0.6 is 0 Å². The van der Waals surface area contributed by atoms with Gasteiger partial charge in [-0.3, -0.25) is 0 Å². The highest BCUT2D eigenvalue weighted by atomic mass is 15.0. The zero-order valence-corrected chi connectivity index (χ0v) is 31.4. The number of hydrogen-bond donors (Lipinski definition) is 0. The number of aromatic nitrogens is 2. The van der Waals surface area contributed by atoms with Crippen LogP contribution in [0.15, 0.2) is 152 Å². The van der Waals surface area contributed by atoms with Crippen LogP contribution in [-0.4, -0.2) is 15.9 Å². The van der Waals surface area contributed by atoms with Crippen molar-refractivity contribution in [3.05, 3.63) is 163 Å². The second-order valence-corrected chi connectivity index (χ2v) is 17.1. The zero-order chi connectivity index (χ0) is 36.2. The highest BCUT2D eigenvalue weighted by Gasteiger charge is 2.37. The predicted molar refractivity (Wildman–Crippen MR) is 229 cm³/mol. The molecule has 0 N–H and O–H groups in total. The molecule has 0 radical (unpaired) electrons. The summed E-state index contributed by atoms with van der Waals surface area (Å²) in [6, 6.07) is 57.1. The first-order chi connectivity index (χ1) is 25.6. The molecule has 0 bridgehead atoms. The van der Waals surface area contributed by atoms with E-state index in [4.69, 9.17) is 0 Å². The van der Waals surface area contributed by atoms with Crippen LogP contribution in [0.3, 0.4) is 0 Å². The van der Waals surface area contributed by atoms with Crippen molar-refractivity contribution in [1.82, 2.24) is 9.05 Å². The lowest BCUT2D eigenvalue weighted by molar-refractivity contribution is 0.590. The fourth-order valence-electron chi connectivity index (χ4n) is 8.85. The van der Waals surface area contributed by atoms with E-state index in [1.165, 1.54) is 93.6 Å². The Labute approximate surface area is 312 Å². The Bertz CT molecular complexity index is 2800. The van der Waals surface area contributed by atoms with Crippen molar-refractivity contribution >= 4 is 61.4 Å². The molecule has 53 heavy (non-hydrogen) atoms. The van der Waals surface area contributed by atoms with Crippen LogP contribution < -0.4 is 10.9 Å². The van der Waals surface area contributed by atoms with E-state index in [0.29, 0.717) is 0 Å². The van der Waals surface area contributed by atoms with Gasteiger partial charge in [-0.25, -0.2) is 0 Å². The molecule has 0 amide bonds. The molecule has 3 heterocycles. The Balaban J connectivity index is 1.38. The molecular formula is C50H43BN2. The van der Waals surface area contributed by atoms with Gasteiger partial charge >= 0.3 is 6.85 Å². The minimum absolute atomic E-state index is 0.0377. The van der Waals surface area contributed by atoms with Gasteiger partial charge in [-0.05, 0) is 91.5 Å². The topological polar surface area (TPSA) is 9.86 Å². The van der Waals surface area contributed by atoms with Gasteiger partial charge in [0.05, 0.1) is 11.0 Å². The summed E-state index contributed by atoms with van der Waals surface area (Å²) in [5.41, 5.74) is 16.7. The minimum atomic E-state index is -0.0491. The molecule has 7 aromatic carbocycles. The van der Waals surface area contributed by atoms with Gasteiger partial charge in [-0.15, -0.1) is 0 Å². The summed E-state index contributed by atoms with van der Waals surface area (Å²) in [5, 5.41) is 5.22. The fourth-order valence-corrected chi connectivity index (χ4v) is 8.85. The van der Waals surface area contributed by atoms with Crippen molar-refractivity contribution in [2.45, 2.75) is 52.4 Å². The van der Waals surface area contributed by atoms with Gasteiger partial charge in [-0.2, -0.15) is 0 Å². The van der Waals surface area contributed by atoms with Gasteiger partial charge in [0.2, 0.25) is 0 Å². The molecule has 0 saturated heterocycles. The normalized spacial score (nSPS) is 13.1. The van der Waals surface area contributed by atoms with Crippen LogP contribution in [0.1, 0.15) is 52.7 Å². The summed E-state index contributed by atoms with van der Waals surface area (Å²) in [4.78, 5) is 0. The number of hydrogen-bond acceptors (Lipinski definition) is 0. The zero-order valence-electron chi connectivity index (χ0n) is 31.4. The summed E-state index contributed by atoms with van der Waals surface area (Å²) in [6.45, 7) is 14.0. The number of para-hydroxylation sites is 1. The van der Waals surface area contributed by atoms with Crippen LogP contribution in [0.5, 0.6) is 0 Å². The van der Waals surface area contributed by atoms with Crippen LogP contribution in [-0.2, 0) is 10.8 Å². The van der Waals surface area contributed by atoms with Crippen LogP contribution in [0, 0.1) is 0 Å². The lowest BCUT2D eigenvalue weighted by atomic mass is 9.47. The Morgan fingerprint density at radius 3 is 1.53 bits per heavy atom. The predicted octanol–water partition coefficient (Wildman–Crippen LogP) is 11.8. The van der Waals surface area contributed by atoms with Crippen molar-refractivity contribution in [1.29, 1.82) is 0 Å². The van der Waals surface area contributed by atoms with Crippen molar-refractivity contribution in [2.24, 2.45) is 0 Å². The second kappa shape index (κ2) is 11.4. The maximum Gasteiger partial charge on any atom is 0.332 e. The summed E-state index contributed by atoms with van der Waals surface area (Å²) in [6.07, 6.45) is 0. The van der Waals surface area contributed by atoms with Crippen molar-refractivity contribution in [2.75, 3.05) is 0 Å². The molecule has 2 nitrogen and oxygen atoms in total. The first-order valence-electron chi connectivity index (χ1n) is 19.0.